The highest BCUT2D eigenvalue weighted by molar-refractivity contribution is 5.60. The van der Waals surface area contributed by atoms with Crippen molar-refractivity contribution in [2.45, 2.75) is 38.6 Å². The molecule has 1 aromatic heterocycles. The SMILES string of the molecule is Cc1nc(N)nc(NC2CCCC2)c1[N+](=O)[O-]. The Kier molecular flexibility index (Phi) is 3.08. The molecule has 0 atom stereocenters. The normalized spacial score (nSPS) is 16.1. The highest BCUT2D eigenvalue weighted by Gasteiger charge is 2.24. The number of nitro groups is 1. The van der Waals surface area contributed by atoms with Gasteiger partial charge in [0.05, 0.1) is 4.92 Å². The van der Waals surface area contributed by atoms with Crippen LogP contribution in [0.15, 0.2) is 0 Å². The first-order chi connectivity index (χ1) is 8.08. The minimum absolute atomic E-state index is 0.0635. The average Bonchev–Trinajstić information content (AvgIpc) is 2.68. The van der Waals surface area contributed by atoms with Gasteiger partial charge >= 0.3 is 5.69 Å². The first-order valence-corrected chi connectivity index (χ1v) is 5.63. The molecule has 7 heteroatoms. The Hall–Kier alpha value is -1.92. The van der Waals surface area contributed by atoms with E-state index in [2.05, 4.69) is 15.3 Å². The van der Waals surface area contributed by atoms with Gasteiger partial charge in [-0.3, -0.25) is 10.1 Å². The second-order valence-corrected chi connectivity index (χ2v) is 4.25. The van der Waals surface area contributed by atoms with Gasteiger partial charge in [-0.2, -0.15) is 4.98 Å². The summed E-state index contributed by atoms with van der Waals surface area (Å²) in [5.41, 5.74) is 5.73. The summed E-state index contributed by atoms with van der Waals surface area (Å²) < 4.78 is 0. The molecule has 3 N–H and O–H groups in total. The van der Waals surface area contributed by atoms with Crippen molar-refractivity contribution in [2.75, 3.05) is 11.1 Å². The second kappa shape index (κ2) is 4.52. The smallest absolute Gasteiger partial charge is 0.332 e. The number of rotatable bonds is 3. The summed E-state index contributed by atoms with van der Waals surface area (Å²) in [4.78, 5) is 18.3. The molecule has 17 heavy (non-hydrogen) atoms. The number of anilines is 2. The maximum atomic E-state index is 11.0. The molecule has 2 rings (SSSR count). The Morgan fingerprint density at radius 3 is 2.65 bits per heavy atom. The van der Waals surface area contributed by atoms with Gasteiger partial charge in [0.2, 0.25) is 11.8 Å². The number of nitrogens with two attached hydrogens (primary N) is 1. The Morgan fingerprint density at radius 2 is 2.06 bits per heavy atom. The average molecular weight is 237 g/mol. The molecular weight excluding hydrogens is 222 g/mol. The van der Waals surface area contributed by atoms with E-state index >= 15 is 0 Å². The molecule has 1 aliphatic rings. The van der Waals surface area contributed by atoms with Crippen molar-refractivity contribution in [1.29, 1.82) is 0 Å². The number of hydrogen-bond donors (Lipinski definition) is 2. The van der Waals surface area contributed by atoms with Gasteiger partial charge < -0.3 is 11.1 Å². The van der Waals surface area contributed by atoms with Crippen LogP contribution >= 0.6 is 0 Å². The van der Waals surface area contributed by atoms with Crippen molar-refractivity contribution in [2.24, 2.45) is 0 Å². The van der Waals surface area contributed by atoms with Crippen molar-refractivity contribution >= 4 is 17.5 Å². The van der Waals surface area contributed by atoms with Gasteiger partial charge in [-0.05, 0) is 19.8 Å². The van der Waals surface area contributed by atoms with Crippen LogP contribution in [0, 0.1) is 17.0 Å². The maximum Gasteiger partial charge on any atom is 0.332 e. The lowest BCUT2D eigenvalue weighted by atomic mass is 10.2. The van der Waals surface area contributed by atoms with Crippen LogP contribution in [0.2, 0.25) is 0 Å². The molecule has 0 aromatic carbocycles. The molecule has 92 valence electrons. The monoisotopic (exact) mass is 237 g/mol. The van der Waals surface area contributed by atoms with E-state index in [0.29, 0.717) is 5.69 Å². The summed E-state index contributed by atoms with van der Waals surface area (Å²) in [5, 5.41) is 14.1. The number of aryl methyl sites for hydroxylation is 1. The fourth-order valence-electron chi connectivity index (χ4n) is 2.17. The molecule has 0 unspecified atom stereocenters. The zero-order valence-electron chi connectivity index (χ0n) is 9.64. The fraction of sp³-hybridized carbons (Fsp3) is 0.600. The highest BCUT2D eigenvalue weighted by Crippen LogP contribution is 2.29. The summed E-state index contributed by atoms with van der Waals surface area (Å²) in [5.74, 6) is 0.306. The van der Waals surface area contributed by atoms with E-state index in [1.807, 2.05) is 0 Å². The Bertz CT molecular complexity index is 443. The number of aromatic nitrogens is 2. The third-order valence-corrected chi connectivity index (χ3v) is 2.95. The van der Waals surface area contributed by atoms with Crippen LogP contribution in [0.3, 0.4) is 0 Å². The van der Waals surface area contributed by atoms with E-state index < -0.39 is 4.92 Å². The third-order valence-electron chi connectivity index (χ3n) is 2.95. The zero-order valence-corrected chi connectivity index (χ0v) is 9.64. The molecule has 0 bridgehead atoms. The topological polar surface area (TPSA) is 107 Å². The molecule has 1 saturated carbocycles. The first kappa shape index (κ1) is 11.6. The van der Waals surface area contributed by atoms with Gasteiger partial charge in [0, 0.05) is 6.04 Å². The molecule has 0 aliphatic heterocycles. The van der Waals surface area contributed by atoms with Gasteiger partial charge in [-0.25, -0.2) is 4.98 Å². The predicted molar refractivity (Wildman–Crippen MR) is 63.7 cm³/mol. The molecule has 0 spiro atoms. The van der Waals surface area contributed by atoms with Crippen LogP contribution in [0.5, 0.6) is 0 Å². The zero-order chi connectivity index (χ0) is 12.4. The van der Waals surface area contributed by atoms with Crippen LogP contribution in [-0.4, -0.2) is 20.9 Å². The summed E-state index contributed by atoms with van der Waals surface area (Å²) >= 11 is 0. The lowest BCUT2D eigenvalue weighted by molar-refractivity contribution is -0.385. The van der Waals surface area contributed by atoms with E-state index in [0.717, 1.165) is 25.7 Å². The van der Waals surface area contributed by atoms with Gasteiger partial charge in [-0.1, -0.05) is 12.8 Å². The van der Waals surface area contributed by atoms with E-state index in [9.17, 15) is 10.1 Å². The summed E-state index contributed by atoms with van der Waals surface area (Å²) in [6, 6.07) is 0.252. The lowest BCUT2D eigenvalue weighted by Crippen LogP contribution is -2.18. The molecule has 1 fully saturated rings. The van der Waals surface area contributed by atoms with E-state index in [1.54, 1.807) is 6.92 Å². The number of hydrogen-bond acceptors (Lipinski definition) is 6. The van der Waals surface area contributed by atoms with E-state index in [4.69, 9.17) is 5.73 Å². The largest absolute Gasteiger partial charge is 0.368 e. The number of nitrogens with one attached hydrogen (secondary N) is 1. The Morgan fingerprint density at radius 1 is 1.41 bits per heavy atom. The van der Waals surface area contributed by atoms with Crippen LogP contribution in [0.1, 0.15) is 31.4 Å². The number of nitrogens with zero attached hydrogens (tertiary/aromatic N) is 3. The highest BCUT2D eigenvalue weighted by atomic mass is 16.6. The van der Waals surface area contributed by atoms with Gasteiger partial charge in [-0.15, -0.1) is 0 Å². The van der Waals surface area contributed by atoms with Crippen molar-refractivity contribution < 1.29 is 4.92 Å². The Balaban J connectivity index is 2.32. The van der Waals surface area contributed by atoms with Crippen molar-refractivity contribution in [3.63, 3.8) is 0 Å². The van der Waals surface area contributed by atoms with Crippen molar-refractivity contribution in [3.8, 4) is 0 Å². The first-order valence-electron chi connectivity index (χ1n) is 5.63. The summed E-state index contributed by atoms with van der Waals surface area (Å²) in [6.07, 6.45) is 4.32. The van der Waals surface area contributed by atoms with Crippen molar-refractivity contribution in [3.05, 3.63) is 15.8 Å². The molecule has 0 radical (unpaired) electrons. The second-order valence-electron chi connectivity index (χ2n) is 4.25. The molecule has 0 saturated heterocycles. The molecular formula is C10H15N5O2. The minimum atomic E-state index is -0.466. The molecule has 1 aliphatic carbocycles. The predicted octanol–water partition coefficient (Wildman–Crippen LogP) is 1.63. The fourth-order valence-corrected chi connectivity index (χ4v) is 2.17. The van der Waals surface area contributed by atoms with Gasteiger partial charge in [0.25, 0.3) is 0 Å². The van der Waals surface area contributed by atoms with Crippen LogP contribution in [-0.2, 0) is 0 Å². The molecule has 1 heterocycles. The molecule has 1 aromatic rings. The maximum absolute atomic E-state index is 11.0. The molecule has 7 nitrogen and oxygen atoms in total. The lowest BCUT2D eigenvalue weighted by Gasteiger charge is -2.13. The standard InChI is InChI=1S/C10H15N5O2/c1-6-8(15(16)17)9(14-10(11)12-6)13-7-4-2-3-5-7/h7H,2-5H2,1H3,(H3,11,12,13,14). The minimum Gasteiger partial charge on any atom is -0.368 e. The summed E-state index contributed by atoms with van der Waals surface area (Å²) in [7, 11) is 0. The Labute approximate surface area is 98.6 Å². The van der Waals surface area contributed by atoms with Gasteiger partial charge in [0.1, 0.15) is 5.69 Å². The van der Waals surface area contributed by atoms with Crippen molar-refractivity contribution in [1.82, 2.24) is 9.97 Å². The van der Waals surface area contributed by atoms with E-state index in [-0.39, 0.29) is 23.5 Å². The third kappa shape index (κ3) is 2.43. The van der Waals surface area contributed by atoms with Gasteiger partial charge in [0.15, 0.2) is 0 Å². The number of nitrogen functional groups attached to an aromatic ring is 1. The van der Waals surface area contributed by atoms with Crippen LogP contribution in [0.4, 0.5) is 17.5 Å². The molecule has 0 amide bonds. The van der Waals surface area contributed by atoms with Crippen LogP contribution < -0.4 is 11.1 Å². The van der Waals surface area contributed by atoms with Crippen LogP contribution in [0.25, 0.3) is 0 Å². The quantitative estimate of drug-likeness (QED) is 0.611. The van der Waals surface area contributed by atoms with E-state index in [1.165, 1.54) is 0 Å². The summed E-state index contributed by atoms with van der Waals surface area (Å²) in [6.45, 7) is 1.57.